The highest BCUT2D eigenvalue weighted by molar-refractivity contribution is 5.75. The van der Waals surface area contributed by atoms with E-state index in [0.717, 1.165) is 16.7 Å². The zero-order valence-electron chi connectivity index (χ0n) is 14.8. The van der Waals surface area contributed by atoms with Crippen molar-refractivity contribution in [3.05, 3.63) is 90.0 Å². The van der Waals surface area contributed by atoms with Crippen molar-refractivity contribution in [2.45, 2.75) is 5.54 Å². The van der Waals surface area contributed by atoms with Crippen molar-refractivity contribution < 1.29 is 19.0 Å². The van der Waals surface area contributed by atoms with E-state index in [1.54, 1.807) is 6.20 Å². The molecule has 4 rings (SSSR count). The van der Waals surface area contributed by atoms with Crippen molar-refractivity contribution in [3.63, 3.8) is 0 Å². The second-order valence-corrected chi connectivity index (χ2v) is 6.04. The SMILES string of the molecule is NC1=NC(c2ccccc2)(c2cccc(-c3cncc(F)c3)c2)CO1.O=CO. The Morgan fingerprint density at radius 2 is 1.75 bits per heavy atom. The van der Waals surface area contributed by atoms with Crippen LogP contribution in [0.5, 0.6) is 0 Å². The van der Waals surface area contributed by atoms with E-state index < -0.39 is 5.54 Å². The first-order valence-corrected chi connectivity index (χ1v) is 8.42. The van der Waals surface area contributed by atoms with E-state index in [-0.39, 0.29) is 18.3 Å². The molecule has 0 amide bonds. The number of carbonyl (C=O) groups is 1. The lowest BCUT2D eigenvalue weighted by molar-refractivity contribution is -0.122. The van der Waals surface area contributed by atoms with E-state index in [0.29, 0.717) is 12.2 Å². The lowest BCUT2D eigenvalue weighted by atomic mass is 9.83. The van der Waals surface area contributed by atoms with E-state index in [9.17, 15) is 4.39 Å². The number of aromatic nitrogens is 1. The normalized spacial score (nSPS) is 17.7. The number of halogens is 1. The highest BCUT2D eigenvalue weighted by Gasteiger charge is 2.40. The van der Waals surface area contributed by atoms with Crippen LogP contribution in [0.3, 0.4) is 0 Å². The summed E-state index contributed by atoms with van der Waals surface area (Å²) < 4.78 is 19.0. The third-order valence-electron chi connectivity index (χ3n) is 4.36. The second kappa shape index (κ2) is 8.30. The Labute approximate surface area is 161 Å². The first kappa shape index (κ1) is 19.0. The summed E-state index contributed by atoms with van der Waals surface area (Å²) in [5, 5.41) is 6.89. The van der Waals surface area contributed by atoms with Gasteiger partial charge in [-0.05, 0) is 28.8 Å². The molecule has 0 fully saturated rings. The summed E-state index contributed by atoms with van der Waals surface area (Å²) in [5.74, 6) is -0.368. The number of benzene rings is 2. The van der Waals surface area contributed by atoms with E-state index in [2.05, 4.69) is 9.98 Å². The minimum Gasteiger partial charge on any atom is -0.483 e. The van der Waals surface area contributed by atoms with Gasteiger partial charge in [-0.25, -0.2) is 9.38 Å². The Balaban J connectivity index is 0.000000706. The molecule has 142 valence electrons. The molecule has 1 unspecified atom stereocenters. The quantitative estimate of drug-likeness (QED) is 0.681. The number of carboxylic acid groups (broad SMARTS) is 1. The number of nitrogens with zero attached hydrogens (tertiary/aromatic N) is 2. The standard InChI is InChI=1S/C20H16FN3O.CH2O2/c21-18-10-15(11-23-12-18)14-5-4-8-17(9-14)20(13-25-19(22)24-20)16-6-2-1-3-7-16;2-1-3/h1-12H,13H2,(H2,22,24);1H,(H,2,3). The highest BCUT2D eigenvalue weighted by atomic mass is 19.1. The Morgan fingerprint density at radius 3 is 2.39 bits per heavy atom. The van der Waals surface area contributed by atoms with Crippen molar-refractivity contribution in [2.75, 3.05) is 6.61 Å². The molecule has 1 atom stereocenters. The second-order valence-electron chi connectivity index (χ2n) is 6.04. The summed E-state index contributed by atoms with van der Waals surface area (Å²) in [7, 11) is 0. The Kier molecular flexibility index (Phi) is 5.64. The number of amidine groups is 1. The first-order chi connectivity index (χ1) is 13.6. The van der Waals surface area contributed by atoms with Gasteiger partial charge in [0.2, 0.25) is 0 Å². The molecule has 7 heteroatoms. The third kappa shape index (κ3) is 3.83. The average Bonchev–Trinajstić information content (AvgIpc) is 3.12. The molecule has 0 bridgehead atoms. The molecular formula is C21H18FN3O3. The molecule has 1 aromatic heterocycles. The number of pyridine rings is 1. The summed E-state index contributed by atoms with van der Waals surface area (Å²) in [4.78, 5) is 16.9. The summed E-state index contributed by atoms with van der Waals surface area (Å²) in [5.41, 5.74) is 8.61. The molecule has 0 aliphatic carbocycles. The molecule has 2 heterocycles. The van der Waals surface area contributed by atoms with Crippen LogP contribution in [0.25, 0.3) is 11.1 Å². The lowest BCUT2D eigenvalue weighted by Crippen LogP contribution is -2.27. The van der Waals surface area contributed by atoms with Crippen LogP contribution in [-0.2, 0) is 15.1 Å². The number of hydrogen-bond donors (Lipinski definition) is 2. The topological polar surface area (TPSA) is 97.8 Å². The molecule has 1 aliphatic rings. The van der Waals surface area contributed by atoms with Crippen LogP contribution in [0.4, 0.5) is 4.39 Å². The van der Waals surface area contributed by atoms with Crippen LogP contribution < -0.4 is 5.73 Å². The third-order valence-corrected chi connectivity index (χ3v) is 4.36. The number of rotatable bonds is 3. The Bertz CT molecular complexity index is 995. The Morgan fingerprint density at radius 1 is 1.04 bits per heavy atom. The number of ether oxygens (including phenoxy) is 1. The van der Waals surface area contributed by atoms with Crippen LogP contribution in [0.1, 0.15) is 11.1 Å². The largest absolute Gasteiger partial charge is 0.483 e. The molecular weight excluding hydrogens is 361 g/mol. The fourth-order valence-electron chi connectivity index (χ4n) is 3.13. The smallest absolute Gasteiger partial charge is 0.290 e. The first-order valence-electron chi connectivity index (χ1n) is 8.42. The molecule has 6 nitrogen and oxygen atoms in total. The predicted molar refractivity (Wildman–Crippen MR) is 103 cm³/mol. The van der Waals surface area contributed by atoms with Gasteiger partial charge >= 0.3 is 0 Å². The molecule has 0 saturated carbocycles. The van der Waals surface area contributed by atoms with Gasteiger partial charge in [0.05, 0.1) is 6.20 Å². The van der Waals surface area contributed by atoms with Crippen molar-refractivity contribution in [2.24, 2.45) is 10.7 Å². The van der Waals surface area contributed by atoms with E-state index in [1.807, 2.05) is 54.6 Å². The summed E-state index contributed by atoms with van der Waals surface area (Å²) in [6.45, 7) is 0.0771. The maximum absolute atomic E-state index is 13.5. The van der Waals surface area contributed by atoms with Gasteiger partial charge in [-0.15, -0.1) is 0 Å². The zero-order chi connectivity index (χ0) is 20.0. The van der Waals surface area contributed by atoms with E-state index >= 15 is 0 Å². The predicted octanol–water partition coefficient (Wildman–Crippen LogP) is 3.18. The van der Waals surface area contributed by atoms with E-state index in [1.165, 1.54) is 12.3 Å². The van der Waals surface area contributed by atoms with Crippen molar-refractivity contribution in [1.29, 1.82) is 0 Å². The fourth-order valence-corrected chi connectivity index (χ4v) is 3.13. The maximum atomic E-state index is 13.5. The highest BCUT2D eigenvalue weighted by Crippen LogP contribution is 2.38. The van der Waals surface area contributed by atoms with Crippen LogP contribution in [0.2, 0.25) is 0 Å². The minimum absolute atomic E-state index is 0.168. The van der Waals surface area contributed by atoms with Gasteiger partial charge in [0.15, 0.2) is 5.54 Å². The summed E-state index contributed by atoms with van der Waals surface area (Å²) >= 11 is 0. The lowest BCUT2D eigenvalue weighted by Gasteiger charge is -2.25. The van der Waals surface area contributed by atoms with Crippen LogP contribution in [-0.4, -0.2) is 29.2 Å². The van der Waals surface area contributed by atoms with Gasteiger partial charge in [-0.3, -0.25) is 9.78 Å². The van der Waals surface area contributed by atoms with Crippen LogP contribution in [0.15, 0.2) is 78.0 Å². The molecule has 0 radical (unpaired) electrons. The molecule has 0 spiro atoms. The van der Waals surface area contributed by atoms with Crippen molar-refractivity contribution in [1.82, 2.24) is 4.98 Å². The minimum atomic E-state index is -0.706. The van der Waals surface area contributed by atoms with Crippen LogP contribution >= 0.6 is 0 Å². The summed E-state index contributed by atoms with van der Waals surface area (Å²) in [6, 6.07) is 19.3. The van der Waals surface area contributed by atoms with Crippen molar-refractivity contribution in [3.8, 4) is 11.1 Å². The molecule has 0 saturated heterocycles. The molecule has 2 aromatic carbocycles. The fraction of sp³-hybridized carbons (Fsp3) is 0.0952. The zero-order valence-corrected chi connectivity index (χ0v) is 14.8. The summed E-state index contributed by atoms with van der Waals surface area (Å²) in [6.07, 6.45) is 2.83. The van der Waals surface area contributed by atoms with Gasteiger partial charge in [-0.2, -0.15) is 0 Å². The number of aliphatic imine (C=N–C) groups is 1. The van der Waals surface area contributed by atoms with Gasteiger partial charge in [-0.1, -0.05) is 48.5 Å². The van der Waals surface area contributed by atoms with Crippen molar-refractivity contribution >= 4 is 12.5 Å². The van der Waals surface area contributed by atoms with Gasteiger partial charge < -0.3 is 15.6 Å². The number of hydrogen-bond acceptors (Lipinski definition) is 5. The average molecular weight is 379 g/mol. The number of nitrogens with two attached hydrogens (primary N) is 1. The van der Waals surface area contributed by atoms with Gasteiger partial charge in [0.1, 0.15) is 12.4 Å². The van der Waals surface area contributed by atoms with E-state index in [4.69, 9.17) is 20.4 Å². The molecule has 28 heavy (non-hydrogen) atoms. The monoisotopic (exact) mass is 379 g/mol. The van der Waals surface area contributed by atoms with Gasteiger partial charge in [0.25, 0.3) is 12.5 Å². The Hall–Kier alpha value is -3.74. The van der Waals surface area contributed by atoms with Crippen LogP contribution in [0, 0.1) is 5.82 Å². The molecule has 3 aromatic rings. The molecule has 3 N–H and O–H groups in total. The van der Waals surface area contributed by atoms with Gasteiger partial charge in [0, 0.05) is 11.8 Å². The maximum Gasteiger partial charge on any atom is 0.290 e. The molecule has 1 aliphatic heterocycles.